The quantitative estimate of drug-likeness (QED) is 0.371. The zero-order valence-electron chi connectivity index (χ0n) is 16.6. The van der Waals surface area contributed by atoms with Gasteiger partial charge in [0.05, 0.1) is 33.0 Å². The summed E-state index contributed by atoms with van der Waals surface area (Å²) in [4.78, 5) is 16.9. The molecule has 0 heterocycles. The SMILES string of the molecule is CCOC(=O)CC(C=C(c1ccc(OC)cc1)c1ccc(OC)cc1)=NOC. The summed E-state index contributed by atoms with van der Waals surface area (Å²) in [6.07, 6.45) is 1.83. The second kappa shape index (κ2) is 10.8. The van der Waals surface area contributed by atoms with Crippen molar-refractivity contribution in [1.29, 1.82) is 0 Å². The van der Waals surface area contributed by atoms with Gasteiger partial charge >= 0.3 is 5.97 Å². The standard InChI is InChI=1S/C22H25NO5/c1-5-28-22(24)15-18(23-27-4)14-21(16-6-10-19(25-2)11-7-16)17-8-12-20(26-3)13-9-17/h6-14H,5,15H2,1-4H3. The van der Waals surface area contributed by atoms with Gasteiger partial charge in [-0.05, 0) is 54.0 Å². The van der Waals surface area contributed by atoms with Crippen LogP contribution >= 0.6 is 0 Å². The first-order valence-corrected chi connectivity index (χ1v) is 8.87. The van der Waals surface area contributed by atoms with E-state index in [0.717, 1.165) is 28.2 Å². The van der Waals surface area contributed by atoms with E-state index in [1.165, 1.54) is 7.11 Å². The van der Waals surface area contributed by atoms with Crippen LogP contribution in [0.3, 0.4) is 0 Å². The molecule has 0 aromatic heterocycles. The summed E-state index contributed by atoms with van der Waals surface area (Å²) in [5.41, 5.74) is 3.23. The molecule has 0 unspecified atom stereocenters. The van der Waals surface area contributed by atoms with E-state index in [4.69, 9.17) is 19.0 Å². The largest absolute Gasteiger partial charge is 0.497 e. The monoisotopic (exact) mass is 383 g/mol. The summed E-state index contributed by atoms with van der Waals surface area (Å²) in [5.74, 6) is 1.16. The molecule has 6 nitrogen and oxygen atoms in total. The number of carbonyl (C=O) groups is 1. The Kier molecular flexibility index (Phi) is 8.09. The molecule has 0 spiro atoms. The molecule has 28 heavy (non-hydrogen) atoms. The lowest BCUT2D eigenvalue weighted by molar-refractivity contribution is -0.141. The molecule has 148 valence electrons. The number of hydrogen-bond acceptors (Lipinski definition) is 6. The third kappa shape index (κ3) is 5.87. The lowest BCUT2D eigenvalue weighted by Gasteiger charge is -2.11. The Balaban J connectivity index is 2.48. The van der Waals surface area contributed by atoms with Crippen LogP contribution in [-0.2, 0) is 14.4 Å². The number of esters is 1. The third-order valence-electron chi connectivity index (χ3n) is 3.95. The fourth-order valence-corrected chi connectivity index (χ4v) is 2.63. The molecule has 0 aliphatic rings. The first-order chi connectivity index (χ1) is 13.6. The number of allylic oxidation sites excluding steroid dienone is 1. The minimum atomic E-state index is -0.363. The van der Waals surface area contributed by atoms with Gasteiger partial charge in [-0.25, -0.2) is 0 Å². The second-order valence-corrected chi connectivity index (χ2v) is 5.76. The van der Waals surface area contributed by atoms with Crippen LogP contribution in [0, 0.1) is 0 Å². The van der Waals surface area contributed by atoms with Crippen LogP contribution in [0.1, 0.15) is 24.5 Å². The first kappa shape index (κ1) is 21.0. The van der Waals surface area contributed by atoms with Gasteiger partial charge < -0.3 is 19.0 Å². The maximum atomic E-state index is 11.9. The highest BCUT2D eigenvalue weighted by Gasteiger charge is 2.12. The van der Waals surface area contributed by atoms with Crippen molar-refractivity contribution in [2.24, 2.45) is 5.16 Å². The van der Waals surface area contributed by atoms with E-state index >= 15 is 0 Å². The predicted molar refractivity (Wildman–Crippen MR) is 109 cm³/mol. The van der Waals surface area contributed by atoms with Crippen molar-refractivity contribution < 1.29 is 23.8 Å². The number of rotatable bonds is 9. The molecule has 0 atom stereocenters. The zero-order chi connectivity index (χ0) is 20.4. The molecule has 0 aliphatic heterocycles. The van der Waals surface area contributed by atoms with Crippen molar-refractivity contribution in [1.82, 2.24) is 0 Å². The number of benzene rings is 2. The Morgan fingerprint density at radius 1 is 0.893 bits per heavy atom. The third-order valence-corrected chi connectivity index (χ3v) is 3.95. The number of hydrogen-bond donors (Lipinski definition) is 0. The minimum absolute atomic E-state index is 0.0114. The predicted octanol–water partition coefficient (Wildman–Crippen LogP) is 4.09. The van der Waals surface area contributed by atoms with E-state index in [-0.39, 0.29) is 12.4 Å². The average molecular weight is 383 g/mol. The molecule has 6 heteroatoms. The molecule has 0 fully saturated rings. The van der Waals surface area contributed by atoms with Crippen LogP contribution in [0.25, 0.3) is 5.57 Å². The van der Waals surface area contributed by atoms with Crippen molar-refractivity contribution in [3.63, 3.8) is 0 Å². The zero-order valence-corrected chi connectivity index (χ0v) is 16.6. The van der Waals surface area contributed by atoms with Gasteiger partial charge in [0.2, 0.25) is 0 Å². The van der Waals surface area contributed by atoms with Crippen molar-refractivity contribution >= 4 is 17.3 Å². The van der Waals surface area contributed by atoms with Gasteiger partial charge in [0, 0.05) is 0 Å². The van der Waals surface area contributed by atoms with Gasteiger partial charge in [0.15, 0.2) is 0 Å². The smallest absolute Gasteiger partial charge is 0.311 e. The maximum absolute atomic E-state index is 11.9. The van der Waals surface area contributed by atoms with Crippen LogP contribution in [0.15, 0.2) is 59.8 Å². The van der Waals surface area contributed by atoms with E-state index in [1.54, 1.807) is 21.1 Å². The Morgan fingerprint density at radius 3 is 1.79 bits per heavy atom. The summed E-state index contributed by atoms with van der Waals surface area (Å²) in [5, 5.41) is 3.99. The molecule has 2 aromatic carbocycles. The van der Waals surface area contributed by atoms with E-state index < -0.39 is 0 Å². The fourth-order valence-electron chi connectivity index (χ4n) is 2.63. The molecule has 2 aromatic rings. The van der Waals surface area contributed by atoms with E-state index in [2.05, 4.69) is 5.16 Å². The fraction of sp³-hybridized carbons (Fsp3) is 0.273. The van der Waals surface area contributed by atoms with Gasteiger partial charge in [-0.2, -0.15) is 0 Å². The highest BCUT2D eigenvalue weighted by atomic mass is 16.6. The summed E-state index contributed by atoms with van der Waals surface area (Å²) in [7, 11) is 4.69. The van der Waals surface area contributed by atoms with Gasteiger partial charge in [0.25, 0.3) is 0 Å². The summed E-state index contributed by atoms with van der Waals surface area (Å²) >= 11 is 0. The highest BCUT2D eigenvalue weighted by molar-refractivity contribution is 6.10. The summed E-state index contributed by atoms with van der Waals surface area (Å²) in [6, 6.07) is 15.3. The molecule has 2 rings (SSSR count). The van der Waals surface area contributed by atoms with Gasteiger partial charge in [-0.3, -0.25) is 4.79 Å². The summed E-state index contributed by atoms with van der Waals surface area (Å²) in [6.45, 7) is 2.08. The van der Waals surface area contributed by atoms with E-state index in [1.807, 2.05) is 54.6 Å². The first-order valence-electron chi connectivity index (χ1n) is 8.87. The normalized spacial score (nSPS) is 10.8. The Bertz CT molecular complexity index is 774. The Hall–Kier alpha value is -3.28. The molecule has 0 saturated heterocycles. The molecule has 0 amide bonds. The van der Waals surface area contributed by atoms with Crippen LogP contribution in [0.5, 0.6) is 11.5 Å². The van der Waals surface area contributed by atoms with Crippen LogP contribution in [0.4, 0.5) is 0 Å². The van der Waals surface area contributed by atoms with E-state index in [9.17, 15) is 4.79 Å². The lowest BCUT2D eigenvalue weighted by Crippen LogP contribution is -2.10. The van der Waals surface area contributed by atoms with Gasteiger partial charge in [-0.15, -0.1) is 0 Å². The summed E-state index contributed by atoms with van der Waals surface area (Å²) < 4.78 is 15.5. The van der Waals surface area contributed by atoms with Crippen LogP contribution < -0.4 is 9.47 Å². The van der Waals surface area contributed by atoms with E-state index in [0.29, 0.717) is 12.3 Å². The molecule has 0 aliphatic carbocycles. The highest BCUT2D eigenvalue weighted by Crippen LogP contribution is 2.27. The maximum Gasteiger partial charge on any atom is 0.311 e. The lowest BCUT2D eigenvalue weighted by atomic mass is 9.96. The van der Waals surface area contributed by atoms with Crippen LogP contribution in [-0.4, -0.2) is 39.6 Å². The number of nitrogens with zero attached hydrogens (tertiary/aromatic N) is 1. The second-order valence-electron chi connectivity index (χ2n) is 5.76. The van der Waals surface area contributed by atoms with Gasteiger partial charge in [0.1, 0.15) is 18.6 Å². The molecular formula is C22H25NO5. The van der Waals surface area contributed by atoms with Crippen LogP contribution in [0.2, 0.25) is 0 Å². The van der Waals surface area contributed by atoms with Crippen molar-refractivity contribution in [2.45, 2.75) is 13.3 Å². The number of oxime groups is 1. The number of ether oxygens (including phenoxy) is 3. The van der Waals surface area contributed by atoms with Crippen molar-refractivity contribution in [3.05, 3.63) is 65.7 Å². The number of carbonyl (C=O) groups excluding carboxylic acids is 1. The average Bonchev–Trinajstić information content (AvgIpc) is 2.72. The Labute approximate surface area is 165 Å². The molecular weight excluding hydrogens is 358 g/mol. The minimum Gasteiger partial charge on any atom is -0.497 e. The van der Waals surface area contributed by atoms with Crippen molar-refractivity contribution in [3.8, 4) is 11.5 Å². The van der Waals surface area contributed by atoms with Gasteiger partial charge in [-0.1, -0.05) is 29.4 Å². The molecule has 0 bridgehead atoms. The topological polar surface area (TPSA) is 66.4 Å². The Morgan fingerprint density at radius 2 is 1.39 bits per heavy atom. The van der Waals surface area contributed by atoms with Crippen molar-refractivity contribution in [2.75, 3.05) is 27.9 Å². The number of methoxy groups -OCH3 is 2. The molecule has 0 N–H and O–H groups in total. The molecule has 0 saturated carbocycles. The molecule has 0 radical (unpaired) electrons.